The van der Waals surface area contributed by atoms with Gasteiger partial charge >= 0.3 is 0 Å². The van der Waals surface area contributed by atoms with Crippen LogP contribution in [0.5, 0.6) is 0 Å². The molecule has 0 unspecified atom stereocenters. The Morgan fingerprint density at radius 3 is 2.95 bits per heavy atom. The summed E-state index contributed by atoms with van der Waals surface area (Å²) < 4.78 is 5.36. The minimum atomic E-state index is -0.236. The van der Waals surface area contributed by atoms with Crippen molar-refractivity contribution >= 4 is 63.0 Å². The molecule has 1 aromatic heterocycles. The highest BCUT2D eigenvalue weighted by molar-refractivity contribution is 8.18. The first-order chi connectivity index (χ1) is 18.0. The first-order valence-electron chi connectivity index (χ1n) is 12.1. The number of hydrogen-bond acceptors (Lipinski definition) is 7. The summed E-state index contributed by atoms with van der Waals surface area (Å²) in [7, 11) is 0. The quantitative estimate of drug-likeness (QED) is 0.347. The third-order valence-electron chi connectivity index (χ3n) is 6.05. The van der Waals surface area contributed by atoms with Crippen molar-refractivity contribution in [1.29, 1.82) is 0 Å². The molecule has 190 valence electrons. The highest BCUT2D eigenvalue weighted by Gasteiger charge is 2.24. The second-order valence-corrected chi connectivity index (χ2v) is 10.1. The summed E-state index contributed by atoms with van der Waals surface area (Å²) in [4.78, 5) is 36.9. The average Bonchev–Trinajstić information content (AvgIpc) is 3.26. The number of benzene rings is 2. The third-order valence-corrected chi connectivity index (χ3v) is 7.28. The number of carbonyl (C=O) groups is 2. The lowest BCUT2D eigenvalue weighted by atomic mass is 10.1. The molecule has 2 aliphatic rings. The second kappa shape index (κ2) is 11.9. The van der Waals surface area contributed by atoms with Gasteiger partial charge in [-0.05, 0) is 72.8 Å². The number of rotatable bonds is 7. The lowest BCUT2D eigenvalue weighted by Crippen LogP contribution is -2.38. The number of hydrogen-bond donors (Lipinski definition) is 2. The lowest BCUT2D eigenvalue weighted by Gasteiger charge is -2.26. The van der Waals surface area contributed by atoms with Gasteiger partial charge in [0, 0.05) is 36.8 Å². The topological polar surface area (TPSA) is 95.9 Å². The van der Waals surface area contributed by atoms with Gasteiger partial charge in [-0.2, -0.15) is 0 Å². The number of nitrogens with zero attached hydrogens (tertiary/aromatic N) is 3. The van der Waals surface area contributed by atoms with Crippen LogP contribution >= 0.6 is 23.4 Å². The largest absolute Gasteiger partial charge is 0.379 e. The number of amidine groups is 1. The molecule has 10 heteroatoms. The molecule has 2 saturated heterocycles. The Labute approximate surface area is 224 Å². The van der Waals surface area contributed by atoms with Crippen molar-refractivity contribution in [2.24, 2.45) is 4.99 Å². The number of thioether (sulfide) groups is 1. The van der Waals surface area contributed by atoms with E-state index in [-0.39, 0.29) is 11.8 Å². The van der Waals surface area contributed by atoms with Crippen LogP contribution in [0.25, 0.3) is 17.0 Å². The highest BCUT2D eigenvalue weighted by atomic mass is 35.5. The zero-order valence-electron chi connectivity index (χ0n) is 20.1. The molecule has 37 heavy (non-hydrogen) atoms. The van der Waals surface area contributed by atoms with Gasteiger partial charge in [-0.15, -0.1) is 0 Å². The fourth-order valence-corrected chi connectivity index (χ4v) is 5.09. The Bertz CT molecular complexity index is 1390. The minimum absolute atomic E-state index is 0.186. The second-order valence-electron chi connectivity index (χ2n) is 8.67. The Morgan fingerprint density at radius 1 is 1.22 bits per heavy atom. The fourth-order valence-electron chi connectivity index (χ4n) is 4.10. The zero-order chi connectivity index (χ0) is 25.6. The van der Waals surface area contributed by atoms with Crippen LogP contribution in [-0.4, -0.2) is 66.3 Å². The molecule has 0 radical (unpaired) electrons. The minimum Gasteiger partial charge on any atom is -0.379 e. The Kier molecular flexibility index (Phi) is 8.15. The number of pyridine rings is 1. The number of fused-ring (bicyclic) bond motifs is 1. The van der Waals surface area contributed by atoms with Crippen molar-refractivity contribution in [1.82, 2.24) is 20.5 Å². The third kappa shape index (κ3) is 6.56. The number of carbonyl (C=O) groups excluding carboxylic acids is 2. The van der Waals surface area contributed by atoms with Crippen molar-refractivity contribution in [2.45, 2.75) is 6.42 Å². The van der Waals surface area contributed by atoms with Crippen LogP contribution in [0.3, 0.4) is 0 Å². The molecule has 2 aliphatic heterocycles. The molecule has 8 nitrogen and oxygen atoms in total. The van der Waals surface area contributed by atoms with Crippen LogP contribution < -0.4 is 10.6 Å². The molecule has 3 heterocycles. The van der Waals surface area contributed by atoms with E-state index in [4.69, 9.17) is 16.3 Å². The van der Waals surface area contributed by atoms with Crippen LogP contribution in [0.1, 0.15) is 22.3 Å². The predicted octanol–water partition coefficient (Wildman–Crippen LogP) is 4.23. The van der Waals surface area contributed by atoms with Crippen LogP contribution in [0, 0.1) is 0 Å². The summed E-state index contributed by atoms with van der Waals surface area (Å²) in [6.07, 6.45) is 4.43. The van der Waals surface area contributed by atoms with Gasteiger partial charge in [-0.25, -0.2) is 4.99 Å². The van der Waals surface area contributed by atoms with E-state index in [0.717, 1.165) is 55.7 Å². The summed E-state index contributed by atoms with van der Waals surface area (Å²) in [5.41, 5.74) is 2.67. The maximum Gasteiger partial charge on any atom is 0.264 e. The number of halogens is 1. The summed E-state index contributed by atoms with van der Waals surface area (Å²) >= 11 is 7.58. The van der Waals surface area contributed by atoms with E-state index in [1.807, 2.05) is 36.4 Å². The maximum absolute atomic E-state index is 12.7. The molecule has 0 atom stereocenters. The normalized spacial score (nSPS) is 18.5. The van der Waals surface area contributed by atoms with Crippen LogP contribution in [0.15, 0.2) is 64.6 Å². The summed E-state index contributed by atoms with van der Waals surface area (Å²) in [5.74, 6) is -0.421. The molecule has 0 bridgehead atoms. The van der Waals surface area contributed by atoms with E-state index in [0.29, 0.717) is 32.9 Å². The number of ether oxygens (including phenoxy) is 1. The molecule has 2 N–H and O–H groups in total. The van der Waals surface area contributed by atoms with Crippen molar-refractivity contribution < 1.29 is 14.3 Å². The highest BCUT2D eigenvalue weighted by Crippen LogP contribution is 2.32. The number of nitrogens with one attached hydrogen (secondary N) is 2. The van der Waals surface area contributed by atoms with Gasteiger partial charge in [0.15, 0.2) is 5.17 Å². The molecule has 2 amide bonds. The molecule has 0 saturated carbocycles. The predicted molar refractivity (Wildman–Crippen MR) is 148 cm³/mol. The van der Waals surface area contributed by atoms with Gasteiger partial charge in [0.1, 0.15) is 0 Å². The van der Waals surface area contributed by atoms with E-state index in [2.05, 4.69) is 25.5 Å². The average molecular weight is 536 g/mol. The SMILES string of the molecule is O=C1NC(=Nc2cc(C(=O)NCCCN3CCOCC3)ccc2Cl)S/C1=C\c1ccc2ncccc2c1. The number of amides is 2. The van der Waals surface area contributed by atoms with Crippen LogP contribution in [0.4, 0.5) is 5.69 Å². The fraction of sp³-hybridized carbons (Fsp3) is 0.259. The molecular weight excluding hydrogens is 510 g/mol. The standard InChI is InChI=1S/C27H26ClN5O3S/c28-21-6-5-20(25(34)30-9-2-10-33-11-13-36-14-12-33)17-23(21)31-27-32-26(35)24(37-27)16-18-4-7-22-19(15-18)3-1-8-29-22/h1,3-8,15-17H,2,9-14H2,(H,30,34)(H,31,32,35)/b24-16-. The Morgan fingerprint density at radius 2 is 2.08 bits per heavy atom. The summed E-state index contributed by atoms with van der Waals surface area (Å²) in [6, 6.07) is 14.6. The summed E-state index contributed by atoms with van der Waals surface area (Å²) in [6.45, 7) is 4.89. The number of aromatic nitrogens is 1. The van der Waals surface area contributed by atoms with Gasteiger partial charge in [0.05, 0.1) is 34.3 Å². The van der Waals surface area contributed by atoms with Gasteiger partial charge in [-0.1, -0.05) is 23.7 Å². The zero-order valence-corrected chi connectivity index (χ0v) is 21.6. The molecule has 0 spiro atoms. The van der Waals surface area contributed by atoms with Gasteiger partial charge in [0.2, 0.25) is 0 Å². The van der Waals surface area contributed by atoms with Crippen molar-refractivity contribution in [3.63, 3.8) is 0 Å². The molecular formula is C27H26ClN5O3S. The number of morpholine rings is 1. The van der Waals surface area contributed by atoms with E-state index in [1.54, 1.807) is 24.4 Å². The molecule has 5 rings (SSSR count). The smallest absolute Gasteiger partial charge is 0.264 e. The monoisotopic (exact) mass is 535 g/mol. The van der Waals surface area contributed by atoms with Crippen molar-refractivity contribution in [3.05, 3.63) is 75.8 Å². The van der Waals surface area contributed by atoms with Crippen molar-refractivity contribution in [2.75, 3.05) is 39.4 Å². The van der Waals surface area contributed by atoms with Crippen LogP contribution in [-0.2, 0) is 9.53 Å². The van der Waals surface area contributed by atoms with E-state index in [1.165, 1.54) is 11.8 Å². The molecule has 2 aromatic carbocycles. The van der Waals surface area contributed by atoms with Gasteiger partial charge in [0.25, 0.3) is 11.8 Å². The summed E-state index contributed by atoms with van der Waals surface area (Å²) in [5, 5.41) is 7.53. The first-order valence-corrected chi connectivity index (χ1v) is 13.3. The van der Waals surface area contributed by atoms with E-state index >= 15 is 0 Å². The Balaban J connectivity index is 1.23. The van der Waals surface area contributed by atoms with E-state index in [9.17, 15) is 9.59 Å². The molecule has 3 aromatic rings. The Hall–Kier alpha value is -3.24. The van der Waals surface area contributed by atoms with Crippen LogP contribution in [0.2, 0.25) is 5.02 Å². The van der Waals surface area contributed by atoms with Gasteiger partial charge < -0.3 is 15.4 Å². The first kappa shape index (κ1) is 25.4. The lowest BCUT2D eigenvalue weighted by molar-refractivity contribution is -0.115. The van der Waals surface area contributed by atoms with Gasteiger partial charge in [-0.3, -0.25) is 19.5 Å². The molecule has 2 fully saturated rings. The van der Waals surface area contributed by atoms with Crippen molar-refractivity contribution in [3.8, 4) is 0 Å². The molecule has 0 aliphatic carbocycles. The van der Waals surface area contributed by atoms with E-state index < -0.39 is 0 Å². The number of aliphatic imine (C=N–C) groups is 1. The maximum atomic E-state index is 12.7.